The minimum absolute atomic E-state index is 0.219. The number of rotatable bonds is 6. The van der Waals surface area contributed by atoms with E-state index in [2.05, 4.69) is 42.3 Å². The zero-order chi connectivity index (χ0) is 19.2. The van der Waals surface area contributed by atoms with Gasteiger partial charge in [0.05, 0.1) is 7.11 Å². The number of piperazine rings is 1. The Labute approximate surface area is 161 Å². The Balaban J connectivity index is 1.45. The highest BCUT2D eigenvalue weighted by molar-refractivity contribution is 5.77. The fourth-order valence-corrected chi connectivity index (χ4v) is 3.46. The minimum atomic E-state index is 0.219. The van der Waals surface area contributed by atoms with E-state index in [0.717, 1.165) is 37.6 Å². The van der Waals surface area contributed by atoms with Crippen molar-refractivity contribution >= 4 is 17.3 Å². The molecule has 0 atom stereocenters. The number of methoxy groups -OCH3 is 1. The molecule has 0 aromatic heterocycles. The maximum absolute atomic E-state index is 12.5. The van der Waals surface area contributed by atoms with Crippen LogP contribution in [0.5, 0.6) is 5.75 Å². The highest BCUT2D eigenvalue weighted by Crippen LogP contribution is 2.24. The van der Waals surface area contributed by atoms with Gasteiger partial charge in [-0.2, -0.15) is 0 Å². The van der Waals surface area contributed by atoms with Crippen LogP contribution in [0, 0.1) is 13.8 Å². The monoisotopic (exact) mass is 367 g/mol. The van der Waals surface area contributed by atoms with E-state index in [1.807, 2.05) is 29.2 Å². The van der Waals surface area contributed by atoms with Gasteiger partial charge in [0.25, 0.3) is 0 Å². The van der Waals surface area contributed by atoms with Gasteiger partial charge >= 0.3 is 0 Å². The van der Waals surface area contributed by atoms with Crippen LogP contribution in [0.1, 0.15) is 17.5 Å². The second-order valence-corrected chi connectivity index (χ2v) is 6.99. The van der Waals surface area contributed by atoms with Crippen LogP contribution >= 0.6 is 0 Å². The molecule has 2 aromatic rings. The van der Waals surface area contributed by atoms with Gasteiger partial charge in [0.15, 0.2) is 0 Å². The standard InChI is InChI=1S/C22H29N3O2/c1-17-5-4-6-21(18(17)2)24-13-15-25(16-14-24)22(26)11-12-23-19-7-9-20(27-3)10-8-19/h4-10,23H,11-16H2,1-3H3. The van der Waals surface area contributed by atoms with E-state index < -0.39 is 0 Å². The fourth-order valence-electron chi connectivity index (χ4n) is 3.46. The molecule has 5 heteroatoms. The largest absolute Gasteiger partial charge is 0.497 e. The van der Waals surface area contributed by atoms with Crippen molar-refractivity contribution in [1.82, 2.24) is 4.90 Å². The van der Waals surface area contributed by atoms with Crippen LogP contribution in [0.4, 0.5) is 11.4 Å². The van der Waals surface area contributed by atoms with E-state index in [0.29, 0.717) is 13.0 Å². The number of nitrogens with zero attached hydrogens (tertiary/aromatic N) is 2. The summed E-state index contributed by atoms with van der Waals surface area (Å²) >= 11 is 0. The van der Waals surface area contributed by atoms with Gasteiger partial charge in [0, 0.05) is 50.5 Å². The van der Waals surface area contributed by atoms with Crippen molar-refractivity contribution in [3.63, 3.8) is 0 Å². The molecule has 1 fully saturated rings. The lowest BCUT2D eigenvalue weighted by atomic mass is 10.1. The van der Waals surface area contributed by atoms with Crippen molar-refractivity contribution in [1.29, 1.82) is 0 Å². The van der Waals surface area contributed by atoms with Crippen molar-refractivity contribution in [3.05, 3.63) is 53.6 Å². The van der Waals surface area contributed by atoms with Crippen LogP contribution in [-0.4, -0.2) is 50.6 Å². The second-order valence-electron chi connectivity index (χ2n) is 6.99. The van der Waals surface area contributed by atoms with Crippen LogP contribution in [0.2, 0.25) is 0 Å². The number of amides is 1. The molecule has 0 bridgehead atoms. The molecule has 0 unspecified atom stereocenters. The summed E-state index contributed by atoms with van der Waals surface area (Å²) in [5.74, 6) is 1.05. The van der Waals surface area contributed by atoms with Crippen LogP contribution in [-0.2, 0) is 4.79 Å². The molecule has 1 N–H and O–H groups in total. The third kappa shape index (κ3) is 4.73. The van der Waals surface area contributed by atoms with E-state index in [4.69, 9.17) is 4.74 Å². The Kier molecular flexibility index (Phi) is 6.22. The molecular weight excluding hydrogens is 338 g/mol. The first-order valence-corrected chi connectivity index (χ1v) is 9.55. The lowest BCUT2D eigenvalue weighted by molar-refractivity contribution is -0.131. The molecule has 0 radical (unpaired) electrons. The van der Waals surface area contributed by atoms with Crippen LogP contribution in [0.15, 0.2) is 42.5 Å². The molecule has 0 spiro atoms. The lowest BCUT2D eigenvalue weighted by Gasteiger charge is -2.37. The summed E-state index contributed by atoms with van der Waals surface area (Å²) in [7, 11) is 1.65. The predicted molar refractivity (Wildman–Crippen MR) is 111 cm³/mol. The van der Waals surface area contributed by atoms with E-state index in [1.165, 1.54) is 16.8 Å². The van der Waals surface area contributed by atoms with Gasteiger partial charge in [-0.05, 0) is 55.3 Å². The van der Waals surface area contributed by atoms with Gasteiger partial charge in [-0.3, -0.25) is 4.79 Å². The summed E-state index contributed by atoms with van der Waals surface area (Å²) in [5.41, 5.74) is 4.95. The highest BCUT2D eigenvalue weighted by Gasteiger charge is 2.21. The SMILES string of the molecule is COc1ccc(NCCC(=O)N2CCN(c3cccc(C)c3C)CC2)cc1. The number of ether oxygens (including phenoxy) is 1. The van der Waals surface area contributed by atoms with Gasteiger partial charge in [-0.25, -0.2) is 0 Å². The lowest BCUT2D eigenvalue weighted by Crippen LogP contribution is -2.49. The maximum atomic E-state index is 12.5. The normalized spacial score (nSPS) is 14.2. The Bertz CT molecular complexity index is 766. The zero-order valence-electron chi connectivity index (χ0n) is 16.5. The van der Waals surface area contributed by atoms with Crippen molar-refractivity contribution in [2.45, 2.75) is 20.3 Å². The van der Waals surface area contributed by atoms with Gasteiger partial charge in [-0.1, -0.05) is 12.1 Å². The molecule has 0 saturated carbocycles. The number of carbonyl (C=O) groups excluding carboxylic acids is 1. The number of carbonyl (C=O) groups is 1. The number of hydrogen-bond donors (Lipinski definition) is 1. The van der Waals surface area contributed by atoms with E-state index in [9.17, 15) is 4.79 Å². The zero-order valence-corrected chi connectivity index (χ0v) is 16.5. The Morgan fingerprint density at radius 2 is 1.74 bits per heavy atom. The molecule has 1 heterocycles. The predicted octanol–water partition coefficient (Wildman–Crippen LogP) is 3.46. The third-order valence-corrected chi connectivity index (χ3v) is 5.31. The van der Waals surface area contributed by atoms with Gasteiger partial charge < -0.3 is 19.9 Å². The Hall–Kier alpha value is -2.69. The Morgan fingerprint density at radius 3 is 2.41 bits per heavy atom. The molecule has 1 saturated heterocycles. The first-order valence-electron chi connectivity index (χ1n) is 9.55. The first-order chi connectivity index (χ1) is 13.1. The number of hydrogen-bond acceptors (Lipinski definition) is 4. The molecule has 1 amide bonds. The Morgan fingerprint density at radius 1 is 1.04 bits per heavy atom. The quantitative estimate of drug-likeness (QED) is 0.849. The molecular formula is C22H29N3O2. The molecule has 3 rings (SSSR count). The fraction of sp³-hybridized carbons (Fsp3) is 0.409. The first kappa shape index (κ1) is 19.1. The van der Waals surface area contributed by atoms with Crippen molar-refractivity contribution in [3.8, 4) is 5.75 Å². The molecule has 0 aliphatic carbocycles. The average Bonchev–Trinajstić information content (AvgIpc) is 2.70. The summed E-state index contributed by atoms with van der Waals surface area (Å²) < 4.78 is 5.15. The van der Waals surface area contributed by atoms with Crippen molar-refractivity contribution in [2.24, 2.45) is 0 Å². The van der Waals surface area contributed by atoms with Gasteiger partial charge in [-0.15, -0.1) is 0 Å². The molecule has 2 aromatic carbocycles. The topological polar surface area (TPSA) is 44.8 Å². The smallest absolute Gasteiger partial charge is 0.224 e. The van der Waals surface area contributed by atoms with Crippen molar-refractivity contribution < 1.29 is 9.53 Å². The number of anilines is 2. The minimum Gasteiger partial charge on any atom is -0.497 e. The van der Waals surface area contributed by atoms with Crippen molar-refractivity contribution in [2.75, 3.05) is 50.1 Å². The molecule has 1 aliphatic heterocycles. The summed E-state index contributed by atoms with van der Waals surface area (Å²) in [4.78, 5) is 16.9. The van der Waals surface area contributed by atoms with Crippen LogP contribution < -0.4 is 15.0 Å². The number of nitrogens with one attached hydrogen (secondary N) is 1. The number of aryl methyl sites for hydroxylation is 1. The highest BCUT2D eigenvalue weighted by atomic mass is 16.5. The third-order valence-electron chi connectivity index (χ3n) is 5.31. The summed E-state index contributed by atoms with van der Waals surface area (Å²) in [6, 6.07) is 14.2. The molecule has 144 valence electrons. The van der Waals surface area contributed by atoms with E-state index in [1.54, 1.807) is 7.11 Å². The van der Waals surface area contributed by atoms with Crippen LogP contribution in [0.25, 0.3) is 0 Å². The summed E-state index contributed by atoms with van der Waals surface area (Å²) in [6.45, 7) is 8.32. The second kappa shape index (κ2) is 8.80. The molecule has 1 aliphatic rings. The average molecular weight is 367 g/mol. The van der Waals surface area contributed by atoms with Gasteiger partial charge in [0.1, 0.15) is 5.75 Å². The van der Waals surface area contributed by atoms with E-state index >= 15 is 0 Å². The summed E-state index contributed by atoms with van der Waals surface area (Å²) in [6.07, 6.45) is 0.509. The summed E-state index contributed by atoms with van der Waals surface area (Å²) in [5, 5.41) is 3.30. The maximum Gasteiger partial charge on any atom is 0.224 e. The van der Waals surface area contributed by atoms with Crippen LogP contribution in [0.3, 0.4) is 0 Å². The molecule has 27 heavy (non-hydrogen) atoms. The van der Waals surface area contributed by atoms with Gasteiger partial charge in [0.2, 0.25) is 5.91 Å². The molecule has 5 nitrogen and oxygen atoms in total. The number of benzene rings is 2. The van der Waals surface area contributed by atoms with E-state index in [-0.39, 0.29) is 5.91 Å².